The number of rotatable bonds is 4. The van der Waals surface area contributed by atoms with E-state index < -0.39 is 10.9 Å². The number of ether oxygens (including phenoxy) is 1. The van der Waals surface area contributed by atoms with Crippen molar-refractivity contribution < 1.29 is 14.5 Å². The summed E-state index contributed by atoms with van der Waals surface area (Å²) >= 11 is 3.25. The monoisotopic (exact) mass is 301 g/mol. The number of carbonyl (C=O) groups excluding carboxylic acids is 1. The fourth-order valence-corrected chi connectivity index (χ4v) is 2.19. The van der Waals surface area contributed by atoms with E-state index in [4.69, 9.17) is 4.74 Å². The van der Waals surface area contributed by atoms with E-state index in [1.54, 1.807) is 26.0 Å². The van der Waals surface area contributed by atoms with Crippen LogP contribution >= 0.6 is 15.9 Å². The van der Waals surface area contributed by atoms with Crippen LogP contribution in [-0.2, 0) is 16.0 Å². The van der Waals surface area contributed by atoms with Crippen LogP contribution in [0.4, 0.5) is 5.69 Å². The van der Waals surface area contributed by atoms with Crippen molar-refractivity contribution in [2.75, 3.05) is 6.61 Å². The van der Waals surface area contributed by atoms with Crippen molar-refractivity contribution in [3.63, 3.8) is 0 Å². The lowest BCUT2D eigenvalue weighted by atomic mass is 10.1. The van der Waals surface area contributed by atoms with E-state index in [0.29, 0.717) is 15.6 Å². The van der Waals surface area contributed by atoms with Crippen molar-refractivity contribution in [2.24, 2.45) is 0 Å². The lowest BCUT2D eigenvalue weighted by Gasteiger charge is -2.06. The molecule has 0 atom stereocenters. The number of hydrogen-bond acceptors (Lipinski definition) is 4. The molecule has 1 aromatic carbocycles. The third kappa shape index (κ3) is 3.52. The average Bonchev–Trinajstić information content (AvgIpc) is 2.15. The molecule has 0 spiro atoms. The third-order valence-electron chi connectivity index (χ3n) is 2.17. The highest BCUT2D eigenvalue weighted by Gasteiger charge is 2.20. The number of esters is 1. The van der Waals surface area contributed by atoms with E-state index >= 15 is 0 Å². The molecule has 17 heavy (non-hydrogen) atoms. The summed E-state index contributed by atoms with van der Waals surface area (Å²) in [6.07, 6.45) is -0.0928. The zero-order valence-electron chi connectivity index (χ0n) is 9.53. The first-order valence-electron chi connectivity index (χ1n) is 5.04. The smallest absolute Gasteiger partial charge is 0.310 e. The average molecular weight is 302 g/mol. The van der Waals surface area contributed by atoms with E-state index in [1.165, 1.54) is 0 Å². The number of nitro groups is 1. The molecule has 1 aromatic rings. The Hall–Kier alpha value is -1.43. The molecule has 0 bridgehead atoms. The van der Waals surface area contributed by atoms with Gasteiger partial charge < -0.3 is 4.74 Å². The minimum absolute atomic E-state index is 0.0266. The Labute approximate surface area is 107 Å². The zero-order chi connectivity index (χ0) is 13.0. The lowest BCUT2D eigenvalue weighted by molar-refractivity contribution is -0.386. The van der Waals surface area contributed by atoms with Gasteiger partial charge in [-0.15, -0.1) is 0 Å². The summed E-state index contributed by atoms with van der Waals surface area (Å²) < 4.78 is 5.49. The number of hydrogen-bond donors (Lipinski definition) is 0. The lowest BCUT2D eigenvalue weighted by Crippen LogP contribution is -2.10. The van der Waals surface area contributed by atoms with Gasteiger partial charge in [0.15, 0.2) is 0 Å². The Morgan fingerprint density at radius 1 is 1.53 bits per heavy atom. The molecule has 0 fully saturated rings. The van der Waals surface area contributed by atoms with Gasteiger partial charge in [-0.3, -0.25) is 14.9 Å². The molecule has 0 aliphatic rings. The zero-order valence-corrected chi connectivity index (χ0v) is 11.1. The highest BCUT2D eigenvalue weighted by atomic mass is 79.9. The van der Waals surface area contributed by atoms with Crippen molar-refractivity contribution in [2.45, 2.75) is 20.3 Å². The van der Waals surface area contributed by atoms with E-state index in [0.717, 1.165) is 0 Å². The Bertz CT molecular complexity index is 459. The van der Waals surface area contributed by atoms with Gasteiger partial charge in [0.05, 0.1) is 18.0 Å². The molecule has 0 saturated carbocycles. The van der Waals surface area contributed by atoms with Crippen LogP contribution in [0, 0.1) is 17.0 Å². The summed E-state index contributed by atoms with van der Waals surface area (Å²) in [6.45, 7) is 3.59. The molecule has 0 unspecified atom stereocenters. The second-order valence-electron chi connectivity index (χ2n) is 3.47. The molecule has 0 N–H and O–H groups in total. The van der Waals surface area contributed by atoms with Gasteiger partial charge >= 0.3 is 5.97 Å². The predicted molar refractivity (Wildman–Crippen MR) is 65.9 cm³/mol. The number of carbonyl (C=O) groups is 1. The van der Waals surface area contributed by atoms with Crippen LogP contribution in [0.15, 0.2) is 16.6 Å². The molecule has 6 heteroatoms. The number of halogens is 1. The highest BCUT2D eigenvalue weighted by Crippen LogP contribution is 2.28. The van der Waals surface area contributed by atoms with Gasteiger partial charge in [-0.2, -0.15) is 0 Å². The summed E-state index contributed by atoms with van der Waals surface area (Å²) in [7, 11) is 0. The van der Waals surface area contributed by atoms with Crippen LogP contribution < -0.4 is 0 Å². The Balaban J connectivity index is 3.12. The van der Waals surface area contributed by atoms with Crippen LogP contribution in [0.3, 0.4) is 0 Å². The quantitative estimate of drug-likeness (QED) is 0.487. The highest BCUT2D eigenvalue weighted by molar-refractivity contribution is 9.10. The van der Waals surface area contributed by atoms with Crippen LogP contribution in [0.25, 0.3) is 0 Å². The minimum Gasteiger partial charge on any atom is -0.466 e. The molecule has 0 saturated heterocycles. The molecule has 0 amide bonds. The molecule has 0 aliphatic heterocycles. The SMILES string of the molecule is CCOC(=O)Cc1cc(Br)cc(C)c1[N+](=O)[O-]. The maximum Gasteiger partial charge on any atom is 0.310 e. The largest absolute Gasteiger partial charge is 0.466 e. The number of aryl methyl sites for hydroxylation is 1. The van der Waals surface area contributed by atoms with Gasteiger partial charge in [-0.25, -0.2) is 0 Å². The van der Waals surface area contributed by atoms with E-state index in [9.17, 15) is 14.9 Å². The van der Waals surface area contributed by atoms with E-state index in [-0.39, 0.29) is 18.7 Å². The maximum absolute atomic E-state index is 11.3. The van der Waals surface area contributed by atoms with Crippen molar-refractivity contribution in [1.82, 2.24) is 0 Å². The number of nitrogens with zero attached hydrogens (tertiary/aromatic N) is 1. The first-order chi connectivity index (χ1) is 7.95. The molecule has 1 rings (SSSR count). The normalized spacial score (nSPS) is 10.1. The van der Waals surface area contributed by atoms with Gasteiger partial charge in [-0.1, -0.05) is 15.9 Å². The number of benzene rings is 1. The minimum atomic E-state index is -0.476. The molecule has 5 nitrogen and oxygen atoms in total. The Kier molecular flexibility index (Phi) is 4.62. The molecular formula is C11H12BrNO4. The molecule has 0 heterocycles. The van der Waals surface area contributed by atoms with Crippen LogP contribution in [0.1, 0.15) is 18.1 Å². The van der Waals surface area contributed by atoms with Gasteiger partial charge in [0.25, 0.3) is 5.69 Å². The van der Waals surface area contributed by atoms with Crippen LogP contribution in [-0.4, -0.2) is 17.5 Å². The first kappa shape index (κ1) is 13.6. The summed E-state index contributed by atoms with van der Waals surface area (Å²) in [5.41, 5.74) is 0.852. The number of nitro benzene ring substituents is 1. The van der Waals surface area contributed by atoms with Crippen molar-refractivity contribution in [3.8, 4) is 0 Å². The van der Waals surface area contributed by atoms with E-state index in [2.05, 4.69) is 15.9 Å². The summed E-state index contributed by atoms with van der Waals surface area (Å²) in [4.78, 5) is 21.8. The molecule has 0 radical (unpaired) electrons. The summed E-state index contributed by atoms with van der Waals surface area (Å²) in [5.74, 6) is -0.465. The van der Waals surface area contributed by atoms with E-state index in [1.807, 2.05) is 0 Å². The van der Waals surface area contributed by atoms with Gasteiger partial charge in [0.1, 0.15) is 0 Å². The standard InChI is InChI=1S/C11H12BrNO4/c1-3-17-10(14)6-8-5-9(12)4-7(2)11(8)13(15)16/h4-5H,3,6H2,1-2H3. The first-order valence-corrected chi connectivity index (χ1v) is 5.84. The van der Waals surface area contributed by atoms with Crippen molar-refractivity contribution in [3.05, 3.63) is 37.8 Å². The second-order valence-corrected chi connectivity index (χ2v) is 4.39. The van der Waals surface area contributed by atoms with Crippen molar-refractivity contribution in [1.29, 1.82) is 0 Å². The topological polar surface area (TPSA) is 69.4 Å². The van der Waals surface area contributed by atoms with Gasteiger partial charge in [0, 0.05) is 15.6 Å². The molecule has 0 aliphatic carbocycles. The molecule has 92 valence electrons. The molecular weight excluding hydrogens is 290 g/mol. The maximum atomic E-state index is 11.3. The van der Waals surface area contributed by atoms with Crippen LogP contribution in [0.5, 0.6) is 0 Å². The van der Waals surface area contributed by atoms with Gasteiger partial charge in [0.2, 0.25) is 0 Å². The van der Waals surface area contributed by atoms with Crippen LogP contribution in [0.2, 0.25) is 0 Å². The fraction of sp³-hybridized carbons (Fsp3) is 0.364. The second kappa shape index (κ2) is 5.77. The predicted octanol–water partition coefficient (Wildman–Crippen LogP) is 2.77. The third-order valence-corrected chi connectivity index (χ3v) is 2.62. The fourth-order valence-electron chi connectivity index (χ4n) is 1.57. The van der Waals surface area contributed by atoms with Crippen molar-refractivity contribution >= 4 is 27.6 Å². The Morgan fingerprint density at radius 2 is 2.18 bits per heavy atom. The summed E-state index contributed by atoms with van der Waals surface area (Å²) in [5, 5.41) is 10.9. The Morgan fingerprint density at radius 3 is 2.71 bits per heavy atom. The van der Waals surface area contributed by atoms with Gasteiger partial charge in [-0.05, 0) is 26.0 Å². The molecule has 0 aromatic heterocycles. The summed E-state index contributed by atoms with van der Waals surface area (Å²) in [6, 6.07) is 3.22.